The van der Waals surface area contributed by atoms with E-state index < -0.39 is 11.0 Å². The second kappa shape index (κ2) is 3.25. The minimum atomic E-state index is -0.886. The van der Waals surface area contributed by atoms with Crippen molar-refractivity contribution in [2.75, 3.05) is 19.3 Å². The lowest BCUT2D eigenvalue weighted by atomic mass is 10.1. The molecule has 1 aliphatic rings. The van der Waals surface area contributed by atoms with Gasteiger partial charge in [0.15, 0.2) is 0 Å². The highest BCUT2D eigenvalue weighted by atomic mass is 32.2. The molecule has 1 saturated heterocycles. The van der Waals surface area contributed by atoms with Crippen molar-refractivity contribution in [3.8, 4) is 0 Å². The van der Waals surface area contributed by atoms with Gasteiger partial charge in [-0.15, -0.1) is 0 Å². The van der Waals surface area contributed by atoms with Crippen LogP contribution in [0.4, 0.5) is 0 Å². The molecular formula is C6H11NO2S. The predicted octanol–water partition coefficient (Wildman–Crippen LogP) is -0.0552. The van der Waals surface area contributed by atoms with E-state index in [2.05, 4.69) is 0 Å². The molecule has 0 aromatic heterocycles. The fourth-order valence-electron chi connectivity index (χ4n) is 0.993. The molecule has 0 aliphatic carbocycles. The average molecular weight is 161 g/mol. The van der Waals surface area contributed by atoms with E-state index in [1.165, 1.54) is 0 Å². The van der Waals surface area contributed by atoms with Crippen LogP contribution in [0.3, 0.4) is 0 Å². The lowest BCUT2D eigenvalue weighted by Crippen LogP contribution is -2.34. The van der Waals surface area contributed by atoms with Crippen molar-refractivity contribution in [2.24, 2.45) is 0 Å². The molecule has 1 atom stereocenters. The molecule has 3 nitrogen and oxygen atoms in total. The average Bonchev–Trinajstić information content (AvgIpc) is 1.88. The zero-order valence-electron chi connectivity index (χ0n) is 6.00. The molecule has 0 amide bonds. The molecule has 1 fully saturated rings. The molecule has 1 heterocycles. The molecule has 0 N–H and O–H groups in total. The fourth-order valence-corrected chi connectivity index (χ4v) is 1.69. The lowest BCUT2D eigenvalue weighted by molar-refractivity contribution is -0.120. The van der Waals surface area contributed by atoms with E-state index in [9.17, 15) is 9.00 Å². The Hall–Kier alpha value is -0.220. The zero-order valence-corrected chi connectivity index (χ0v) is 6.82. The van der Waals surface area contributed by atoms with Gasteiger partial charge >= 0.3 is 0 Å². The highest BCUT2D eigenvalue weighted by Crippen LogP contribution is 2.06. The monoisotopic (exact) mass is 161 g/mol. The Balaban J connectivity index is 2.40. The largest absolute Gasteiger partial charge is 0.300 e. The molecular weight excluding hydrogens is 150 g/mol. The first kappa shape index (κ1) is 7.88. The number of ketones is 1. The smallest absolute Gasteiger partial charge is 0.135 e. The third-order valence-corrected chi connectivity index (χ3v) is 2.74. The Morgan fingerprint density at radius 2 is 1.90 bits per heavy atom. The van der Waals surface area contributed by atoms with Crippen molar-refractivity contribution in [1.82, 2.24) is 4.31 Å². The molecule has 0 aromatic carbocycles. The van der Waals surface area contributed by atoms with Gasteiger partial charge < -0.3 is 0 Å². The van der Waals surface area contributed by atoms with Crippen molar-refractivity contribution >= 4 is 16.8 Å². The third kappa shape index (κ3) is 1.88. The Morgan fingerprint density at radius 3 is 2.30 bits per heavy atom. The summed E-state index contributed by atoms with van der Waals surface area (Å²) in [6.45, 7) is 1.34. The van der Waals surface area contributed by atoms with Crippen LogP contribution in [0, 0.1) is 0 Å². The number of hydrogen-bond donors (Lipinski definition) is 0. The second-order valence-corrected chi connectivity index (χ2v) is 3.76. The van der Waals surface area contributed by atoms with Crippen LogP contribution in [-0.4, -0.2) is 33.6 Å². The van der Waals surface area contributed by atoms with Crippen LogP contribution in [0.5, 0.6) is 0 Å². The minimum absolute atomic E-state index is 0.293. The van der Waals surface area contributed by atoms with Crippen molar-refractivity contribution in [3.05, 3.63) is 0 Å². The first-order valence-corrected chi connectivity index (χ1v) is 4.82. The van der Waals surface area contributed by atoms with Crippen LogP contribution >= 0.6 is 0 Å². The zero-order chi connectivity index (χ0) is 7.56. The third-order valence-electron chi connectivity index (χ3n) is 1.64. The van der Waals surface area contributed by atoms with E-state index in [0.29, 0.717) is 31.7 Å². The SMILES string of the molecule is CS(=O)N1CCC(=O)CC1. The summed E-state index contributed by atoms with van der Waals surface area (Å²) < 4.78 is 12.7. The highest BCUT2D eigenvalue weighted by molar-refractivity contribution is 7.81. The summed E-state index contributed by atoms with van der Waals surface area (Å²) in [7, 11) is -0.886. The number of hydrogen-bond acceptors (Lipinski definition) is 2. The van der Waals surface area contributed by atoms with Gasteiger partial charge in [-0.3, -0.25) is 4.79 Å². The van der Waals surface area contributed by atoms with Gasteiger partial charge in [-0.25, -0.2) is 8.51 Å². The van der Waals surface area contributed by atoms with Gasteiger partial charge in [-0.2, -0.15) is 0 Å². The van der Waals surface area contributed by atoms with E-state index in [4.69, 9.17) is 0 Å². The van der Waals surface area contributed by atoms with Crippen molar-refractivity contribution < 1.29 is 9.00 Å². The van der Waals surface area contributed by atoms with Crippen LogP contribution < -0.4 is 0 Å². The fraction of sp³-hybridized carbons (Fsp3) is 0.833. The number of rotatable bonds is 1. The normalized spacial score (nSPS) is 24.7. The van der Waals surface area contributed by atoms with Gasteiger partial charge in [0, 0.05) is 32.2 Å². The summed E-state index contributed by atoms with van der Waals surface area (Å²) in [4.78, 5) is 10.7. The Morgan fingerprint density at radius 1 is 1.40 bits per heavy atom. The summed E-state index contributed by atoms with van der Waals surface area (Å²) in [5.41, 5.74) is 0. The van der Waals surface area contributed by atoms with Crippen LogP contribution in [-0.2, 0) is 15.8 Å². The number of carbonyl (C=O) groups is 1. The van der Waals surface area contributed by atoms with Crippen molar-refractivity contribution in [1.29, 1.82) is 0 Å². The quantitative estimate of drug-likeness (QED) is 0.540. The van der Waals surface area contributed by atoms with E-state index in [1.54, 1.807) is 6.26 Å². The summed E-state index contributed by atoms with van der Waals surface area (Å²) in [5.74, 6) is 0.293. The molecule has 0 radical (unpaired) electrons. The van der Waals surface area contributed by atoms with Gasteiger partial charge in [0.05, 0.1) is 11.0 Å². The van der Waals surface area contributed by atoms with Crippen LogP contribution in [0.15, 0.2) is 0 Å². The topological polar surface area (TPSA) is 37.4 Å². The summed E-state index contributed by atoms with van der Waals surface area (Å²) >= 11 is 0. The van der Waals surface area contributed by atoms with Crippen LogP contribution in [0.25, 0.3) is 0 Å². The molecule has 1 rings (SSSR count). The maximum Gasteiger partial charge on any atom is 0.135 e. The van der Waals surface area contributed by atoms with Gasteiger partial charge in [-0.1, -0.05) is 0 Å². The molecule has 1 unspecified atom stereocenters. The maximum absolute atomic E-state index is 10.8. The van der Waals surface area contributed by atoms with Crippen molar-refractivity contribution in [2.45, 2.75) is 12.8 Å². The molecule has 58 valence electrons. The Bertz CT molecular complexity index is 159. The molecule has 4 heteroatoms. The van der Waals surface area contributed by atoms with E-state index in [-0.39, 0.29) is 0 Å². The molecule has 0 aromatic rings. The van der Waals surface area contributed by atoms with Gasteiger partial charge in [0.1, 0.15) is 5.78 Å². The number of carbonyl (C=O) groups excluding carboxylic acids is 1. The van der Waals surface area contributed by atoms with Crippen LogP contribution in [0.2, 0.25) is 0 Å². The first-order chi connectivity index (χ1) is 4.70. The number of piperidine rings is 1. The van der Waals surface area contributed by atoms with Crippen LogP contribution in [0.1, 0.15) is 12.8 Å². The second-order valence-electron chi connectivity index (χ2n) is 2.39. The molecule has 1 aliphatic heterocycles. The molecule has 0 saturated carbocycles. The van der Waals surface area contributed by atoms with Gasteiger partial charge in [-0.05, 0) is 0 Å². The summed E-state index contributed by atoms with van der Waals surface area (Å²) in [6, 6.07) is 0. The molecule has 0 spiro atoms. The molecule has 0 bridgehead atoms. The standard InChI is InChI=1S/C6H11NO2S/c1-10(9)7-4-2-6(8)3-5-7/h2-5H2,1H3. The van der Waals surface area contributed by atoms with Crippen molar-refractivity contribution in [3.63, 3.8) is 0 Å². The minimum Gasteiger partial charge on any atom is -0.300 e. The summed E-state index contributed by atoms with van der Waals surface area (Å²) in [5, 5.41) is 0. The Labute approximate surface area is 63.0 Å². The van der Waals surface area contributed by atoms with E-state index in [1.807, 2.05) is 4.31 Å². The molecule has 10 heavy (non-hydrogen) atoms. The summed E-state index contributed by atoms with van der Waals surface area (Å²) in [6.07, 6.45) is 2.79. The maximum atomic E-state index is 10.8. The van der Waals surface area contributed by atoms with Gasteiger partial charge in [0.25, 0.3) is 0 Å². The van der Waals surface area contributed by atoms with E-state index in [0.717, 1.165) is 0 Å². The number of nitrogens with zero attached hydrogens (tertiary/aromatic N) is 1. The predicted molar refractivity (Wildman–Crippen MR) is 39.9 cm³/mol. The number of Topliss-reactive ketones (excluding diaryl/α,β-unsaturated/α-hetero) is 1. The lowest BCUT2D eigenvalue weighted by Gasteiger charge is -2.22. The highest BCUT2D eigenvalue weighted by Gasteiger charge is 2.17. The Kier molecular flexibility index (Phi) is 2.56. The van der Waals surface area contributed by atoms with Gasteiger partial charge in [0.2, 0.25) is 0 Å². The first-order valence-electron chi connectivity index (χ1n) is 3.30. The van der Waals surface area contributed by atoms with E-state index >= 15 is 0 Å².